The van der Waals surface area contributed by atoms with Gasteiger partial charge in [-0.05, 0) is 38.8 Å². The van der Waals surface area contributed by atoms with Crippen LogP contribution in [0.5, 0.6) is 11.5 Å². The van der Waals surface area contributed by atoms with E-state index in [1.807, 2.05) is 12.1 Å². The fraction of sp³-hybridized carbons (Fsp3) is 0.455. The molecule has 0 spiro atoms. The number of rotatable bonds is 2. The molecule has 0 bridgehead atoms. The lowest BCUT2D eigenvalue weighted by atomic mass is 9.66. The van der Waals surface area contributed by atoms with Crippen molar-refractivity contribution in [2.45, 2.75) is 64.2 Å². The topological polar surface area (TPSA) is 40.5 Å². The summed E-state index contributed by atoms with van der Waals surface area (Å²) < 4.78 is 0. The quantitative estimate of drug-likeness (QED) is 0.739. The normalized spacial score (nSPS) is 17.9. The maximum atomic E-state index is 10.7. The van der Waals surface area contributed by atoms with Crippen molar-refractivity contribution in [3.05, 3.63) is 58.7 Å². The van der Waals surface area contributed by atoms with Crippen LogP contribution in [0.3, 0.4) is 0 Å². The highest BCUT2D eigenvalue weighted by Gasteiger charge is 2.38. The predicted octanol–water partition coefficient (Wildman–Crippen LogP) is 5.75. The van der Waals surface area contributed by atoms with Crippen molar-refractivity contribution in [3.63, 3.8) is 0 Å². The van der Waals surface area contributed by atoms with E-state index in [4.69, 9.17) is 0 Å². The summed E-state index contributed by atoms with van der Waals surface area (Å²) in [7, 11) is 0. The Kier molecular flexibility index (Phi) is 4.84. The van der Waals surface area contributed by atoms with E-state index in [9.17, 15) is 10.2 Å². The van der Waals surface area contributed by atoms with Gasteiger partial charge in [-0.25, -0.2) is 0 Å². The van der Waals surface area contributed by atoms with Crippen LogP contribution in [0.1, 0.15) is 67.2 Å². The standard InChI is InChI=1S/C22H28O2/c1-16-8-10-20(23)18(14-16)22(12-6-4-3-5-7-13-22)19-15-17(2)9-11-21(19)24/h8-11,14-15,23-24H,3-7,12-13H2,1-2H3. The molecule has 2 N–H and O–H groups in total. The zero-order chi connectivity index (χ0) is 17.2. The second kappa shape index (κ2) is 6.88. The van der Waals surface area contributed by atoms with Crippen molar-refractivity contribution in [1.82, 2.24) is 0 Å². The predicted molar refractivity (Wildman–Crippen MR) is 98.8 cm³/mol. The Morgan fingerprint density at radius 1 is 0.667 bits per heavy atom. The molecule has 0 amide bonds. The summed E-state index contributed by atoms with van der Waals surface area (Å²) in [5.74, 6) is 0.698. The Balaban J connectivity index is 2.23. The molecule has 3 rings (SSSR count). The van der Waals surface area contributed by atoms with Gasteiger partial charge < -0.3 is 10.2 Å². The molecule has 0 unspecified atom stereocenters. The van der Waals surface area contributed by atoms with Gasteiger partial charge in [-0.1, -0.05) is 67.5 Å². The van der Waals surface area contributed by atoms with E-state index in [0.717, 1.165) is 47.9 Å². The van der Waals surface area contributed by atoms with Crippen LogP contribution in [0.15, 0.2) is 36.4 Å². The first-order valence-electron chi connectivity index (χ1n) is 9.13. The zero-order valence-electron chi connectivity index (χ0n) is 14.8. The van der Waals surface area contributed by atoms with Crippen molar-refractivity contribution in [1.29, 1.82) is 0 Å². The van der Waals surface area contributed by atoms with E-state index in [2.05, 4.69) is 26.0 Å². The number of aromatic hydroxyl groups is 2. The minimum Gasteiger partial charge on any atom is -0.508 e. The first-order chi connectivity index (χ1) is 11.5. The molecule has 0 heterocycles. The number of aryl methyl sites for hydroxylation is 2. The van der Waals surface area contributed by atoms with Crippen LogP contribution >= 0.6 is 0 Å². The van der Waals surface area contributed by atoms with Crippen molar-refractivity contribution in [2.24, 2.45) is 0 Å². The molecule has 1 aliphatic rings. The summed E-state index contributed by atoms with van der Waals surface area (Å²) >= 11 is 0. The summed E-state index contributed by atoms with van der Waals surface area (Å²) in [4.78, 5) is 0. The molecule has 1 saturated carbocycles. The van der Waals surface area contributed by atoms with Crippen molar-refractivity contribution in [2.75, 3.05) is 0 Å². The molecule has 1 fully saturated rings. The Labute approximate surface area is 145 Å². The summed E-state index contributed by atoms with van der Waals surface area (Å²) in [5, 5.41) is 21.3. The largest absolute Gasteiger partial charge is 0.508 e. The average Bonchev–Trinajstić information content (AvgIpc) is 2.53. The number of phenolic OH excluding ortho intramolecular Hbond substituents is 2. The molecular weight excluding hydrogens is 296 g/mol. The van der Waals surface area contributed by atoms with Gasteiger partial charge in [-0.3, -0.25) is 0 Å². The van der Waals surface area contributed by atoms with Crippen molar-refractivity contribution in [3.8, 4) is 11.5 Å². The van der Waals surface area contributed by atoms with Crippen LogP contribution in [0.2, 0.25) is 0 Å². The lowest BCUT2D eigenvalue weighted by Crippen LogP contribution is -2.29. The van der Waals surface area contributed by atoms with Gasteiger partial charge in [0.1, 0.15) is 11.5 Å². The van der Waals surface area contributed by atoms with Gasteiger partial charge in [-0.2, -0.15) is 0 Å². The first kappa shape index (κ1) is 16.9. The minimum atomic E-state index is -0.299. The summed E-state index contributed by atoms with van der Waals surface area (Å²) in [6.45, 7) is 4.13. The Morgan fingerprint density at radius 3 is 1.54 bits per heavy atom. The van der Waals surface area contributed by atoms with Crippen LogP contribution in [-0.2, 0) is 5.41 Å². The molecule has 0 aliphatic heterocycles. The molecule has 2 nitrogen and oxygen atoms in total. The van der Waals surface area contributed by atoms with E-state index in [1.54, 1.807) is 12.1 Å². The Bertz CT molecular complexity index is 656. The molecular formula is C22H28O2. The zero-order valence-corrected chi connectivity index (χ0v) is 14.8. The molecule has 0 atom stereocenters. The molecule has 0 saturated heterocycles. The SMILES string of the molecule is Cc1ccc(O)c(C2(c3cc(C)ccc3O)CCCCCCC2)c1. The van der Waals surface area contributed by atoms with Crippen LogP contribution in [0.25, 0.3) is 0 Å². The lowest BCUT2D eigenvalue weighted by Gasteiger charge is -2.38. The molecule has 0 aromatic heterocycles. The third kappa shape index (κ3) is 3.15. The number of hydrogen-bond acceptors (Lipinski definition) is 2. The molecule has 2 aromatic carbocycles. The molecule has 0 radical (unpaired) electrons. The number of phenols is 2. The van der Waals surface area contributed by atoms with Crippen LogP contribution < -0.4 is 0 Å². The summed E-state index contributed by atoms with van der Waals surface area (Å²) in [6.07, 6.45) is 7.93. The fourth-order valence-electron chi connectivity index (χ4n) is 4.26. The van der Waals surface area contributed by atoms with Crippen molar-refractivity contribution >= 4 is 0 Å². The lowest BCUT2D eigenvalue weighted by molar-refractivity contribution is 0.338. The maximum absolute atomic E-state index is 10.7. The number of hydrogen-bond donors (Lipinski definition) is 2. The molecule has 1 aliphatic carbocycles. The first-order valence-corrected chi connectivity index (χ1v) is 9.13. The van der Waals surface area contributed by atoms with Gasteiger partial charge >= 0.3 is 0 Å². The smallest absolute Gasteiger partial charge is 0.119 e. The van der Waals surface area contributed by atoms with Crippen LogP contribution in [0, 0.1) is 13.8 Å². The van der Waals surface area contributed by atoms with E-state index in [0.29, 0.717) is 11.5 Å². The third-order valence-electron chi connectivity index (χ3n) is 5.54. The van der Waals surface area contributed by atoms with E-state index in [1.165, 1.54) is 19.3 Å². The molecule has 2 aromatic rings. The highest BCUT2D eigenvalue weighted by molar-refractivity contribution is 5.53. The highest BCUT2D eigenvalue weighted by atomic mass is 16.3. The average molecular weight is 324 g/mol. The van der Waals surface area contributed by atoms with Gasteiger partial charge in [0.15, 0.2) is 0 Å². The van der Waals surface area contributed by atoms with Gasteiger partial charge in [0.05, 0.1) is 0 Å². The second-order valence-electron chi connectivity index (χ2n) is 7.39. The third-order valence-corrected chi connectivity index (χ3v) is 5.54. The van der Waals surface area contributed by atoms with Crippen molar-refractivity contribution < 1.29 is 10.2 Å². The molecule has 128 valence electrons. The second-order valence-corrected chi connectivity index (χ2v) is 7.39. The van der Waals surface area contributed by atoms with Crippen LogP contribution in [-0.4, -0.2) is 10.2 Å². The Hall–Kier alpha value is -1.96. The van der Waals surface area contributed by atoms with E-state index >= 15 is 0 Å². The van der Waals surface area contributed by atoms with Gasteiger partial charge in [0, 0.05) is 16.5 Å². The number of benzene rings is 2. The van der Waals surface area contributed by atoms with Gasteiger partial charge in [0.2, 0.25) is 0 Å². The summed E-state index contributed by atoms with van der Waals surface area (Å²) in [6, 6.07) is 11.7. The van der Waals surface area contributed by atoms with Gasteiger partial charge in [0.25, 0.3) is 0 Å². The molecule has 2 heteroatoms. The minimum absolute atomic E-state index is 0.299. The highest BCUT2D eigenvalue weighted by Crippen LogP contribution is 2.49. The monoisotopic (exact) mass is 324 g/mol. The van der Waals surface area contributed by atoms with E-state index < -0.39 is 0 Å². The Morgan fingerprint density at radius 2 is 1.08 bits per heavy atom. The molecule has 24 heavy (non-hydrogen) atoms. The summed E-state index contributed by atoms with van der Waals surface area (Å²) in [5.41, 5.74) is 3.95. The van der Waals surface area contributed by atoms with E-state index in [-0.39, 0.29) is 5.41 Å². The van der Waals surface area contributed by atoms with Gasteiger partial charge in [-0.15, -0.1) is 0 Å². The van der Waals surface area contributed by atoms with Crippen LogP contribution in [0.4, 0.5) is 0 Å². The maximum Gasteiger partial charge on any atom is 0.119 e. The fourth-order valence-corrected chi connectivity index (χ4v) is 4.26.